The lowest BCUT2D eigenvalue weighted by Gasteiger charge is -2.30. The minimum absolute atomic E-state index is 0.0872. The topological polar surface area (TPSA) is 20.2 Å². The van der Waals surface area contributed by atoms with Crippen molar-refractivity contribution in [1.29, 1.82) is 0 Å². The lowest BCUT2D eigenvalue weighted by atomic mass is 9.78. The van der Waals surface area contributed by atoms with Crippen LogP contribution >= 0.6 is 11.6 Å². The van der Waals surface area contributed by atoms with Crippen LogP contribution in [0.4, 0.5) is 4.39 Å². The minimum Gasteiger partial charge on any atom is -0.388 e. The van der Waals surface area contributed by atoms with E-state index in [0.29, 0.717) is 11.4 Å². The van der Waals surface area contributed by atoms with Crippen molar-refractivity contribution in [3.05, 3.63) is 70.0 Å². The minimum atomic E-state index is -0.501. The lowest BCUT2D eigenvalue weighted by molar-refractivity contribution is 0.0936. The Morgan fingerprint density at radius 2 is 2.00 bits per heavy atom. The molecule has 0 radical (unpaired) electrons. The molecule has 2 unspecified atom stereocenters. The molecule has 1 aliphatic rings. The van der Waals surface area contributed by atoms with Crippen molar-refractivity contribution >= 4 is 11.6 Å². The fraction of sp³-hybridized carbons (Fsp3) is 0.294. The first-order valence-electron chi connectivity index (χ1n) is 6.85. The van der Waals surface area contributed by atoms with Crippen LogP contribution in [0.2, 0.25) is 5.02 Å². The summed E-state index contributed by atoms with van der Waals surface area (Å²) >= 11 is 6.12. The SMILES string of the molecule is OC1c2ccccc2CCC1Cc1cc(F)ccc1Cl. The van der Waals surface area contributed by atoms with Gasteiger partial charge in [-0.15, -0.1) is 0 Å². The third-order valence-corrected chi connectivity index (χ3v) is 4.46. The molecule has 20 heavy (non-hydrogen) atoms. The van der Waals surface area contributed by atoms with Crippen LogP contribution < -0.4 is 0 Å². The third kappa shape index (κ3) is 2.58. The van der Waals surface area contributed by atoms with E-state index in [1.165, 1.54) is 17.7 Å². The maximum Gasteiger partial charge on any atom is 0.123 e. The van der Waals surface area contributed by atoms with Gasteiger partial charge in [0.15, 0.2) is 0 Å². The van der Waals surface area contributed by atoms with Crippen LogP contribution in [-0.2, 0) is 12.8 Å². The second kappa shape index (κ2) is 5.55. The van der Waals surface area contributed by atoms with E-state index in [0.717, 1.165) is 24.0 Å². The quantitative estimate of drug-likeness (QED) is 0.873. The Morgan fingerprint density at radius 1 is 1.20 bits per heavy atom. The Kier molecular flexibility index (Phi) is 3.77. The second-order valence-electron chi connectivity index (χ2n) is 5.38. The summed E-state index contributed by atoms with van der Waals surface area (Å²) in [5.74, 6) is -0.195. The van der Waals surface area contributed by atoms with E-state index in [4.69, 9.17) is 11.6 Å². The van der Waals surface area contributed by atoms with E-state index in [9.17, 15) is 9.50 Å². The zero-order chi connectivity index (χ0) is 14.1. The van der Waals surface area contributed by atoms with Crippen molar-refractivity contribution in [3.8, 4) is 0 Å². The molecule has 2 atom stereocenters. The van der Waals surface area contributed by atoms with Gasteiger partial charge in [-0.3, -0.25) is 0 Å². The number of halogens is 2. The highest BCUT2D eigenvalue weighted by atomic mass is 35.5. The van der Waals surface area contributed by atoms with Crippen molar-refractivity contribution in [3.63, 3.8) is 0 Å². The van der Waals surface area contributed by atoms with E-state index in [1.807, 2.05) is 18.2 Å². The van der Waals surface area contributed by atoms with Gasteiger partial charge in [0.05, 0.1) is 6.10 Å². The molecule has 0 aliphatic heterocycles. The second-order valence-corrected chi connectivity index (χ2v) is 5.79. The smallest absolute Gasteiger partial charge is 0.123 e. The first-order chi connectivity index (χ1) is 9.65. The van der Waals surface area contributed by atoms with Crippen molar-refractivity contribution < 1.29 is 9.50 Å². The van der Waals surface area contributed by atoms with E-state index < -0.39 is 6.10 Å². The monoisotopic (exact) mass is 290 g/mol. The van der Waals surface area contributed by atoms with Gasteiger partial charge in [-0.25, -0.2) is 4.39 Å². The van der Waals surface area contributed by atoms with E-state index in [2.05, 4.69) is 6.07 Å². The zero-order valence-corrected chi connectivity index (χ0v) is 11.8. The van der Waals surface area contributed by atoms with Crippen molar-refractivity contribution in [2.75, 3.05) is 0 Å². The number of hydrogen-bond acceptors (Lipinski definition) is 1. The summed E-state index contributed by atoms with van der Waals surface area (Å²) < 4.78 is 13.3. The summed E-state index contributed by atoms with van der Waals surface area (Å²) in [4.78, 5) is 0. The molecule has 2 aromatic rings. The molecular formula is C17H16ClFO. The molecule has 1 aliphatic carbocycles. The van der Waals surface area contributed by atoms with Gasteiger partial charge < -0.3 is 5.11 Å². The molecule has 0 saturated carbocycles. The summed E-state index contributed by atoms with van der Waals surface area (Å²) in [5, 5.41) is 11.1. The van der Waals surface area contributed by atoms with Crippen molar-refractivity contribution in [2.45, 2.75) is 25.4 Å². The predicted molar refractivity (Wildman–Crippen MR) is 78.3 cm³/mol. The van der Waals surface area contributed by atoms with Gasteiger partial charge >= 0.3 is 0 Å². The number of benzene rings is 2. The summed E-state index contributed by atoms with van der Waals surface area (Å²) in [6.45, 7) is 0. The number of rotatable bonds is 2. The van der Waals surface area contributed by atoms with Crippen molar-refractivity contribution in [1.82, 2.24) is 0 Å². The Morgan fingerprint density at radius 3 is 2.85 bits per heavy atom. The Bertz CT molecular complexity index is 626. The Hall–Kier alpha value is -1.38. The maximum absolute atomic E-state index is 13.3. The molecule has 104 valence electrons. The standard InChI is InChI=1S/C17H16ClFO/c18-16-8-7-14(19)10-13(16)9-12-6-5-11-3-1-2-4-15(11)17(12)20/h1-4,7-8,10,12,17,20H,5-6,9H2. The number of aliphatic hydroxyl groups excluding tert-OH is 1. The number of aliphatic hydroxyl groups is 1. The molecule has 1 N–H and O–H groups in total. The lowest BCUT2D eigenvalue weighted by Crippen LogP contribution is -2.22. The first kappa shape index (κ1) is 13.6. The van der Waals surface area contributed by atoms with Crippen LogP contribution in [0.3, 0.4) is 0 Å². The molecule has 3 heteroatoms. The average Bonchev–Trinajstić information content (AvgIpc) is 2.46. The van der Waals surface area contributed by atoms with E-state index in [-0.39, 0.29) is 11.7 Å². The van der Waals surface area contributed by atoms with E-state index in [1.54, 1.807) is 6.07 Å². The van der Waals surface area contributed by atoms with Crippen molar-refractivity contribution in [2.24, 2.45) is 5.92 Å². The normalized spacial score (nSPS) is 21.6. The molecule has 2 aromatic carbocycles. The summed E-state index contributed by atoms with van der Waals surface area (Å²) in [7, 11) is 0. The maximum atomic E-state index is 13.3. The zero-order valence-electron chi connectivity index (χ0n) is 11.0. The summed E-state index contributed by atoms with van der Waals surface area (Å²) in [6, 6.07) is 12.4. The van der Waals surface area contributed by atoms with Gasteiger partial charge in [-0.1, -0.05) is 35.9 Å². The highest BCUT2D eigenvalue weighted by molar-refractivity contribution is 6.31. The van der Waals surface area contributed by atoms with Gasteiger partial charge in [0.1, 0.15) is 5.82 Å². The summed E-state index contributed by atoms with van der Waals surface area (Å²) in [6.07, 6.45) is 1.95. The van der Waals surface area contributed by atoms with Crippen LogP contribution in [0.25, 0.3) is 0 Å². The molecular weight excluding hydrogens is 275 g/mol. The average molecular weight is 291 g/mol. The third-order valence-electron chi connectivity index (χ3n) is 4.09. The van der Waals surface area contributed by atoms with Gasteiger partial charge in [0.25, 0.3) is 0 Å². The van der Waals surface area contributed by atoms with Gasteiger partial charge in [-0.05, 0) is 60.1 Å². The first-order valence-corrected chi connectivity index (χ1v) is 7.23. The van der Waals surface area contributed by atoms with Gasteiger partial charge in [0, 0.05) is 5.02 Å². The fourth-order valence-electron chi connectivity index (χ4n) is 3.00. The molecule has 0 amide bonds. The highest BCUT2D eigenvalue weighted by Gasteiger charge is 2.28. The molecule has 3 rings (SSSR count). The number of hydrogen-bond donors (Lipinski definition) is 1. The Balaban J connectivity index is 1.84. The molecule has 0 spiro atoms. The molecule has 0 aromatic heterocycles. The van der Waals surface area contributed by atoms with Crippen LogP contribution in [-0.4, -0.2) is 5.11 Å². The van der Waals surface area contributed by atoms with Gasteiger partial charge in [0.2, 0.25) is 0 Å². The van der Waals surface area contributed by atoms with E-state index >= 15 is 0 Å². The number of fused-ring (bicyclic) bond motifs is 1. The molecule has 0 fully saturated rings. The summed E-state index contributed by atoms with van der Waals surface area (Å²) in [5.41, 5.74) is 2.98. The van der Waals surface area contributed by atoms with Gasteiger partial charge in [-0.2, -0.15) is 0 Å². The van der Waals surface area contributed by atoms with Crippen LogP contribution in [0.1, 0.15) is 29.2 Å². The molecule has 0 saturated heterocycles. The number of aryl methyl sites for hydroxylation is 1. The van der Waals surface area contributed by atoms with Crippen LogP contribution in [0.5, 0.6) is 0 Å². The van der Waals surface area contributed by atoms with Crippen LogP contribution in [0, 0.1) is 11.7 Å². The molecule has 0 heterocycles. The largest absolute Gasteiger partial charge is 0.388 e. The highest BCUT2D eigenvalue weighted by Crippen LogP contribution is 2.37. The van der Waals surface area contributed by atoms with Crippen LogP contribution in [0.15, 0.2) is 42.5 Å². The Labute approximate surface area is 123 Å². The molecule has 1 nitrogen and oxygen atoms in total. The fourth-order valence-corrected chi connectivity index (χ4v) is 3.19. The predicted octanol–water partition coefficient (Wildman–Crippen LogP) is 4.32. The molecule has 0 bridgehead atoms.